The van der Waals surface area contributed by atoms with E-state index in [1.807, 2.05) is 0 Å². The van der Waals surface area contributed by atoms with Gasteiger partial charge in [-0.1, -0.05) is 24.3 Å². The van der Waals surface area contributed by atoms with Crippen LogP contribution in [0.5, 0.6) is 34.5 Å². The van der Waals surface area contributed by atoms with Crippen LogP contribution in [0.3, 0.4) is 0 Å². The molecule has 0 fully saturated rings. The minimum absolute atomic E-state index is 0.0622. The predicted molar refractivity (Wildman–Crippen MR) is 126 cm³/mol. The smallest absolute Gasteiger partial charge is 0.135 e. The zero-order valence-electron chi connectivity index (χ0n) is 18.3. The molecule has 0 bridgehead atoms. The second-order valence-corrected chi connectivity index (χ2v) is 9.04. The molecule has 4 atom stereocenters. The number of aromatic hydroxyl groups is 5. The quantitative estimate of drug-likeness (QED) is 0.251. The summed E-state index contributed by atoms with van der Waals surface area (Å²) in [6.07, 6.45) is -1.79. The van der Waals surface area contributed by atoms with Gasteiger partial charge in [0.2, 0.25) is 0 Å². The largest absolute Gasteiger partial charge is 0.508 e. The van der Waals surface area contributed by atoms with E-state index in [0.29, 0.717) is 33.6 Å². The highest BCUT2D eigenvalue weighted by Gasteiger charge is 2.47. The van der Waals surface area contributed by atoms with Gasteiger partial charge < -0.3 is 35.4 Å². The van der Waals surface area contributed by atoms with E-state index in [1.165, 1.54) is 30.3 Å². The van der Waals surface area contributed by atoms with Crippen LogP contribution >= 0.6 is 0 Å². The highest BCUT2D eigenvalue weighted by molar-refractivity contribution is 5.65. The highest BCUT2D eigenvalue weighted by Crippen LogP contribution is 2.60. The van der Waals surface area contributed by atoms with Crippen LogP contribution in [0.2, 0.25) is 0 Å². The number of phenols is 5. The number of aliphatic hydroxyl groups is 1. The van der Waals surface area contributed by atoms with E-state index >= 15 is 0 Å². The normalized spacial score (nSPS) is 22.1. The molecule has 6 rings (SSSR count). The van der Waals surface area contributed by atoms with Crippen molar-refractivity contribution in [2.75, 3.05) is 0 Å². The van der Waals surface area contributed by atoms with Gasteiger partial charge in [0.05, 0.1) is 12.0 Å². The third kappa shape index (κ3) is 3.24. The molecule has 7 heteroatoms. The Morgan fingerprint density at radius 3 is 1.77 bits per heavy atom. The topological polar surface area (TPSA) is 131 Å². The second kappa shape index (κ2) is 7.58. The zero-order chi connectivity index (χ0) is 24.4. The first-order chi connectivity index (χ1) is 16.8. The SMILES string of the molecule is Oc1ccc([C@@H]2c3c(O)cc(O)cc3[C@@H]3c4c(cc(O)cc4[C@@H]2O)O[C@H]3c2ccc(O)cc2)cc1. The van der Waals surface area contributed by atoms with Crippen LogP contribution in [0.4, 0.5) is 0 Å². The van der Waals surface area contributed by atoms with Crippen LogP contribution in [0.1, 0.15) is 57.4 Å². The van der Waals surface area contributed by atoms with Gasteiger partial charge >= 0.3 is 0 Å². The van der Waals surface area contributed by atoms with Gasteiger partial charge in [0.15, 0.2) is 0 Å². The van der Waals surface area contributed by atoms with E-state index in [1.54, 1.807) is 42.5 Å². The van der Waals surface area contributed by atoms with Crippen molar-refractivity contribution in [1.82, 2.24) is 0 Å². The van der Waals surface area contributed by atoms with E-state index in [-0.39, 0.29) is 28.7 Å². The Hall–Kier alpha value is -4.36. The lowest BCUT2D eigenvalue weighted by molar-refractivity contribution is 0.157. The monoisotopic (exact) mass is 470 g/mol. The standard InChI is InChI=1S/C28H22O7/c29-15-5-1-13(2-6-15)23-24-19(9-17(31)11-21(24)33)26-25-20(27(23)34)10-18(32)12-22(25)35-28(26)14-3-7-16(30)8-4-14/h1-12,23,26-34H/t23-,26-,27+,28+/m1/s1. The molecule has 6 N–H and O–H groups in total. The zero-order valence-corrected chi connectivity index (χ0v) is 18.3. The lowest BCUT2D eigenvalue weighted by Crippen LogP contribution is -2.15. The summed E-state index contributed by atoms with van der Waals surface area (Å²) in [6.45, 7) is 0. The Balaban J connectivity index is 1.67. The summed E-state index contributed by atoms with van der Waals surface area (Å²) in [4.78, 5) is 0. The van der Waals surface area contributed by atoms with Crippen molar-refractivity contribution in [2.45, 2.75) is 24.0 Å². The molecule has 0 saturated heterocycles. The van der Waals surface area contributed by atoms with Gasteiger partial charge in [0, 0.05) is 29.2 Å². The predicted octanol–water partition coefficient (Wildman–Crippen LogP) is 4.66. The summed E-state index contributed by atoms with van der Waals surface area (Å²) in [5.74, 6) is -1.15. The third-order valence-electron chi connectivity index (χ3n) is 6.96. The fourth-order valence-electron chi connectivity index (χ4n) is 5.52. The Labute approximate surface area is 200 Å². The highest BCUT2D eigenvalue weighted by atomic mass is 16.5. The van der Waals surface area contributed by atoms with Gasteiger partial charge in [-0.3, -0.25) is 0 Å². The third-order valence-corrected chi connectivity index (χ3v) is 6.96. The van der Waals surface area contributed by atoms with Crippen LogP contribution in [-0.4, -0.2) is 30.6 Å². The molecule has 7 nitrogen and oxygen atoms in total. The van der Waals surface area contributed by atoms with E-state index < -0.39 is 24.0 Å². The van der Waals surface area contributed by atoms with Crippen LogP contribution < -0.4 is 4.74 Å². The number of rotatable bonds is 2. The van der Waals surface area contributed by atoms with E-state index in [9.17, 15) is 30.6 Å². The molecule has 2 aliphatic rings. The molecule has 4 aromatic carbocycles. The summed E-state index contributed by atoms with van der Waals surface area (Å²) in [6, 6.07) is 18.7. The van der Waals surface area contributed by atoms with Crippen LogP contribution in [-0.2, 0) is 0 Å². The Bertz CT molecular complexity index is 1440. The first kappa shape index (κ1) is 21.2. The van der Waals surface area contributed by atoms with Gasteiger partial charge in [-0.15, -0.1) is 0 Å². The lowest BCUT2D eigenvalue weighted by Gasteiger charge is -2.27. The number of hydrogen-bond donors (Lipinski definition) is 6. The molecule has 0 radical (unpaired) electrons. The average Bonchev–Trinajstić information content (AvgIpc) is 3.15. The molecule has 176 valence electrons. The molecular weight excluding hydrogens is 448 g/mol. The molecule has 1 heterocycles. The van der Waals surface area contributed by atoms with Crippen molar-refractivity contribution < 1.29 is 35.4 Å². The summed E-state index contributed by atoms with van der Waals surface area (Å²) in [5, 5.41) is 63.3. The number of hydrogen-bond acceptors (Lipinski definition) is 7. The van der Waals surface area contributed by atoms with Gasteiger partial charge in [0.25, 0.3) is 0 Å². The van der Waals surface area contributed by atoms with Gasteiger partial charge in [-0.2, -0.15) is 0 Å². The number of benzene rings is 4. The molecule has 0 saturated carbocycles. The molecule has 0 unspecified atom stereocenters. The van der Waals surface area contributed by atoms with E-state index in [4.69, 9.17) is 4.74 Å². The van der Waals surface area contributed by atoms with Crippen molar-refractivity contribution >= 4 is 0 Å². The lowest BCUT2D eigenvalue weighted by atomic mass is 9.80. The van der Waals surface area contributed by atoms with Crippen molar-refractivity contribution in [1.29, 1.82) is 0 Å². The summed E-state index contributed by atoms with van der Waals surface area (Å²) in [5.41, 5.74) is 3.46. The van der Waals surface area contributed by atoms with Gasteiger partial charge in [-0.25, -0.2) is 0 Å². The molecule has 1 aliphatic heterocycles. The van der Waals surface area contributed by atoms with Crippen molar-refractivity contribution in [3.63, 3.8) is 0 Å². The summed E-state index contributed by atoms with van der Waals surface area (Å²) >= 11 is 0. The van der Waals surface area contributed by atoms with Crippen LogP contribution in [0.25, 0.3) is 0 Å². The molecule has 1 aliphatic carbocycles. The van der Waals surface area contributed by atoms with Crippen molar-refractivity contribution in [2.24, 2.45) is 0 Å². The molecule has 0 amide bonds. The van der Waals surface area contributed by atoms with Crippen LogP contribution in [0, 0.1) is 0 Å². The second-order valence-electron chi connectivity index (χ2n) is 9.04. The Kier molecular flexibility index (Phi) is 4.59. The van der Waals surface area contributed by atoms with Crippen molar-refractivity contribution in [3.05, 3.63) is 106 Å². The fourth-order valence-corrected chi connectivity index (χ4v) is 5.52. The molecular formula is C28H22O7. The summed E-state index contributed by atoms with van der Waals surface area (Å²) < 4.78 is 6.29. The van der Waals surface area contributed by atoms with Gasteiger partial charge in [-0.05, 0) is 58.7 Å². The summed E-state index contributed by atoms with van der Waals surface area (Å²) in [7, 11) is 0. The maximum atomic E-state index is 11.7. The van der Waals surface area contributed by atoms with Crippen molar-refractivity contribution in [3.8, 4) is 34.5 Å². The molecule has 0 aromatic heterocycles. The molecule has 4 aromatic rings. The Morgan fingerprint density at radius 2 is 1.11 bits per heavy atom. The maximum absolute atomic E-state index is 11.7. The minimum Gasteiger partial charge on any atom is -0.508 e. The first-order valence-electron chi connectivity index (χ1n) is 11.2. The average molecular weight is 470 g/mol. The fraction of sp³-hybridized carbons (Fsp3) is 0.143. The van der Waals surface area contributed by atoms with E-state index in [2.05, 4.69) is 0 Å². The molecule has 0 spiro atoms. The van der Waals surface area contributed by atoms with Crippen LogP contribution in [0.15, 0.2) is 72.8 Å². The Morgan fingerprint density at radius 1 is 0.543 bits per heavy atom. The number of ether oxygens (including phenoxy) is 1. The van der Waals surface area contributed by atoms with E-state index in [0.717, 1.165) is 5.56 Å². The first-order valence-corrected chi connectivity index (χ1v) is 11.2. The number of aliphatic hydroxyl groups excluding tert-OH is 1. The maximum Gasteiger partial charge on any atom is 0.135 e. The number of fused-ring (bicyclic) bond motifs is 2. The minimum atomic E-state index is -1.18. The number of phenolic OH excluding ortho intramolecular Hbond substituents is 5. The van der Waals surface area contributed by atoms with Gasteiger partial charge in [0.1, 0.15) is 40.6 Å². The molecule has 35 heavy (non-hydrogen) atoms.